The predicted octanol–water partition coefficient (Wildman–Crippen LogP) is 4.84. The first-order valence-electron chi connectivity index (χ1n) is 8.92. The van der Waals surface area contributed by atoms with Gasteiger partial charge in [0.2, 0.25) is 5.91 Å². The molecular formula is C23H21NO2. The van der Waals surface area contributed by atoms with Crippen LogP contribution in [0, 0.1) is 0 Å². The lowest BCUT2D eigenvalue weighted by Gasteiger charge is -2.27. The van der Waals surface area contributed by atoms with E-state index in [1.54, 1.807) is 0 Å². The average Bonchev–Trinajstić information content (AvgIpc) is 2.70. The lowest BCUT2D eigenvalue weighted by Crippen LogP contribution is -2.34. The number of hydrogen-bond donors (Lipinski definition) is 1. The molecule has 26 heavy (non-hydrogen) atoms. The summed E-state index contributed by atoms with van der Waals surface area (Å²) in [7, 11) is 0. The van der Waals surface area contributed by atoms with Crippen LogP contribution >= 0.6 is 0 Å². The van der Waals surface area contributed by atoms with Crippen LogP contribution in [0.15, 0.2) is 78.9 Å². The molecule has 3 heteroatoms. The van der Waals surface area contributed by atoms with Crippen LogP contribution in [-0.2, 0) is 4.79 Å². The van der Waals surface area contributed by atoms with E-state index in [1.807, 2.05) is 66.7 Å². The van der Waals surface area contributed by atoms with Gasteiger partial charge in [0.05, 0.1) is 5.92 Å². The number of ether oxygens (including phenoxy) is 1. The lowest BCUT2D eigenvalue weighted by molar-refractivity contribution is -0.121. The van der Waals surface area contributed by atoms with E-state index in [9.17, 15) is 4.79 Å². The van der Waals surface area contributed by atoms with E-state index in [0.717, 1.165) is 22.6 Å². The third-order valence-corrected chi connectivity index (χ3v) is 4.89. The van der Waals surface area contributed by atoms with E-state index in [1.165, 1.54) is 5.56 Å². The summed E-state index contributed by atoms with van der Waals surface area (Å²) in [5.74, 6) is 1.42. The van der Waals surface area contributed by atoms with Crippen molar-refractivity contribution >= 4 is 5.91 Å². The number of hydrogen-bond acceptors (Lipinski definition) is 2. The summed E-state index contributed by atoms with van der Waals surface area (Å²) in [4.78, 5) is 13.1. The van der Waals surface area contributed by atoms with Crippen molar-refractivity contribution in [2.75, 3.05) is 6.54 Å². The van der Waals surface area contributed by atoms with Gasteiger partial charge in [-0.25, -0.2) is 0 Å². The number of para-hydroxylation sites is 2. The van der Waals surface area contributed by atoms with Gasteiger partial charge >= 0.3 is 0 Å². The number of nitrogens with one attached hydrogen (secondary N) is 1. The van der Waals surface area contributed by atoms with Crippen molar-refractivity contribution in [3.8, 4) is 11.5 Å². The summed E-state index contributed by atoms with van der Waals surface area (Å²) in [6, 6.07) is 25.8. The van der Waals surface area contributed by atoms with Crippen LogP contribution in [0.1, 0.15) is 35.4 Å². The Kier molecular flexibility index (Phi) is 4.44. The zero-order chi connectivity index (χ0) is 17.9. The van der Waals surface area contributed by atoms with Gasteiger partial charge < -0.3 is 10.1 Å². The fourth-order valence-corrected chi connectivity index (χ4v) is 3.45. The average molecular weight is 343 g/mol. The molecule has 3 nitrogen and oxygen atoms in total. The fraction of sp³-hybridized carbons (Fsp3) is 0.174. The molecule has 3 aromatic rings. The number of fused-ring (bicyclic) bond motifs is 2. The number of carbonyl (C=O) groups is 1. The minimum atomic E-state index is -0.348. The van der Waals surface area contributed by atoms with Gasteiger partial charge in [-0.2, -0.15) is 0 Å². The van der Waals surface area contributed by atoms with E-state index >= 15 is 0 Å². The fourth-order valence-electron chi connectivity index (χ4n) is 3.45. The molecule has 1 heterocycles. The Balaban J connectivity index is 1.58. The summed E-state index contributed by atoms with van der Waals surface area (Å²) in [5, 5.41) is 3.14. The zero-order valence-corrected chi connectivity index (χ0v) is 14.7. The molecular weight excluding hydrogens is 322 g/mol. The first kappa shape index (κ1) is 16.4. The Morgan fingerprint density at radius 3 is 2.04 bits per heavy atom. The van der Waals surface area contributed by atoms with Crippen LogP contribution in [-0.4, -0.2) is 12.5 Å². The van der Waals surface area contributed by atoms with Crippen molar-refractivity contribution in [2.24, 2.45) is 0 Å². The Morgan fingerprint density at radius 2 is 1.42 bits per heavy atom. The van der Waals surface area contributed by atoms with Crippen LogP contribution in [0.2, 0.25) is 0 Å². The molecule has 0 spiro atoms. The minimum absolute atomic E-state index is 0.0102. The van der Waals surface area contributed by atoms with E-state index in [4.69, 9.17) is 4.74 Å². The number of benzene rings is 3. The second-order valence-electron chi connectivity index (χ2n) is 6.67. The van der Waals surface area contributed by atoms with Gasteiger partial charge in [0.1, 0.15) is 11.5 Å². The maximum atomic E-state index is 13.1. The van der Waals surface area contributed by atoms with Crippen LogP contribution in [0.4, 0.5) is 0 Å². The van der Waals surface area contributed by atoms with Crippen molar-refractivity contribution in [1.82, 2.24) is 5.32 Å². The summed E-state index contributed by atoms with van der Waals surface area (Å²) < 4.78 is 5.97. The molecule has 1 N–H and O–H groups in total. The van der Waals surface area contributed by atoms with Crippen LogP contribution in [0.3, 0.4) is 0 Å². The van der Waals surface area contributed by atoms with Crippen molar-refractivity contribution in [2.45, 2.75) is 18.8 Å². The topological polar surface area (TPSA) is 38.3 Å². The first-order chi connectivity index (χ1) is 12.7. The monoisotopic (exact) mass is 343 g/mol. The molecule has 0 aliphatic carbocycles. The van der Waals surface area contributed by atoms with Crippen molar-refractivity contribution in [3.63, 3.8) is 0 Å². The molecule has 1 atom stereocenters. The molecule has 0 radical (unpaired) electrons. The molecule has 0 aromatic heterocycles. The molecule has 130 valence electrons. The highest BCUT2D eigenvalue weighted by atomic mass is 16.5. The van der Waals surface area contributed by atoms with E-state index in [0.29, 0.717) is 6.54 Å². The minimum Gasteiger partial charge on any atom is -0.457 e. The van der Waals surface area contributed by atoms with Gasteiger partial charge in [-0.3, -0.25) is 4.79 Å². The molecule has 1 aliphatic heterocycles. The molecule has 0 fully saturated rings. The Labute approximate surface area is 153 Å². The summed E-state index contributed by atoms with van der Waals surface area (Å²) >= 11 is 0. The molecule has 1 aliphatic rings. The smallest absolute Gasteiger partial charge is 0.232 e. The molecule has 0 saturated heterocycles. The summed E-state index contributed by atoms with van der Waals surface area (Å²) in [5.41, 5.74) is 3.05. The van der Waals surface area contributed by atoms with Gasteiger partial charge in [-0.1, -0.05) is 73.7 Å². The van der Waals surface area contributed by atoms with Crippen molar-refractivity contribution < 1.29 is 9.53 Å². The molecule has 0 unspecified atom stereocenters. The highest BCUT2D eigenvalue weighted by molar-refractivity contribution is 5.89. The van der Waals surface area contributed by atoms with Crippen LogP contribution in [0.25, 0.3) is 0 Å². The van der Waals surface area contributed by atoms with Crippen LogP contribution in [0.5, 0.6) is 11.5 Å². The Bertz CT molecular complexity index is 875. The molecule has 0 saturated carbocycles. The SMILES string of the molecule is C[C@H](CNC(=O)C1c2ccccc2Oc2ccccc21)c1ccccc1. The van der Waals surface area contributed by atoms with E-state index in [-0.39, 0.29) is 17.7 Å². The van der Waals surface area contributed by atoms with Crippen molar-refractivity contribution in [1.29, 1.82) is 0 Å². The van der Waals surface area contributed by atoms with E-state index < -0.39 is 0 Å². The molecule has 4 rings (SSSR count). The number of rotatable bonds is 4. The maximum absolute atomic E-state index is 13.1. The largest absolute Gasteiger partial charge is 0.457 e. The highest BCUT2D eigenvalue weighted by Gasteiger charge is 2.32. The number of amides is 1. The second-order valence-corrected chi connectivity index (χ2v) is 6.67. The molecule has 0 bridgehead atoms. The van der Waals surface area contributed by atoms with Crippen LogP contribution < -0.4 is 10.1 Å². The third kappa shape index (κ3) is 3.08. The first-order valence-corrected chi connectivity index (χ1v) is 8.92. The molecule has 3 aromatic carbocycles. The van der Waals surface area contributed by atoms with Gasteiger partial charge in [-0.05, 0) is 23.6 Å². The predicted molar refractivity (Wildman–Crippen MR) is 103 cm³/mol. The number of carbonyl (C=O) groups excluding carboxylic acids is 1. The summed E-state index contributed by atoms with van der Waals surface area (Å²) in [6.45, 7) is 2.73. The Hall–Kier alpha value is -3.07. The highest BCUT2D eigenvalue weighted by Crippen LogP contribution is 2.43. The van der Waals surface area contributed by atoms with Gasteiger partial charge in [-0.15, -0.1) is 0 Å². The van der Waals surface area contributed by atoms with Crippen molar-refractivity contribution in [3.05, 3.63) is 95.6 Å². The van der Waals surface area contributed by atoms with Gasteiger partial charge in [0.25, 0.3) is 0 Å². The normalized spacial score (nSPS) is 13.9. The second kappa shape index (κ2) is 7.04. The quantitative estimate of drug-likeness (QED) is 0.736. The molecule has 1 amide bonds. The van der Waals surface area contributed by atoms with Gasteiger partial charge in [0.15, 0.2) is 0 Å². The Morgan fingerprint density at radius 1 is 0.885 bits per heavy atom. The maximum Gasteiger partial charge on any atom is 0.232 e. The third-order valence-electron chi connectivity index (χ3n) is 4.89. The summed E-state index contributed by atoms with van der Waals surface area (Å²) in [6.07, 6.45) is 0. The van der Waals surface area contributed by atoms with E-state index in [2.05, 4.69) is 24.4 Å². The standard InChI is InChI=1S/C23H21NO2/c1-16(17-9-3-2-4-10-17)15-24-23(25)22-18-11-5-7-13-20(18)26-21-14-8-6-12-19(21)22/h2-14,16,22H,15H2,1H3,(H,24,25)/t16-/m1/s1. The van der Waals surface area contributed by atoms with Gasteiger partial charge in [0, 0.05) is 17.7 Å². The lowest BCUT2D eigenvalue weighted by atomic mass is 9.87. The zero-order valence-electron chi connectivity index (χ0n) is 14.7.